The first-order chi connectivity index (χ1) is 13.2. The molecule has 2 amide bonds. The Morgan fingerprint density at radius 3 is 2.21 bits per heavy atom. The molecule has 1 aromatic heterocycles. The van der Waals surface area contributed by atoms with E-state index in [9.17, 15) is 18.5 Å². The van der Waals surface area contributed by atoms with Gasteiger partial charge in [-0.2, -0.15) is 0 Å². The molecule has 0 bridgehead atoms. The van der Waals surface area contributed by atoms with Crippen LogP contribution in [0.4, 0.5) is 14.9 Å². The van der Waals surface area contributed by atoms with Gasteiger partial charge in [0.1, 0.15) is 20.6 Å². The third kappa shape index (κ3) is 5.59. The number of carbonyl (C=O) groups excluding carboxylic acids is 1. The Hall–Kier alpha value is -1.88. The summed E-state index contributed by atoms with van der Waals surface area (Å²) in [6.07, 6.45) is 1.24. The maximum atomic E-state index is 14.0. The minimum absolute atomic E-state index is 0.0587. The number of hydrogen-bond donors (Lipinski definition) is 3. The average molecular weight is 443 g/mol. The van der Waals surface area contributed by atoms with Gasteiger partial charge in [-0.1, -0.05) is 27.7 Å². The van der Waals surface area contributed by atoms with Crippen molar-refractivity contribution in [3.63, 3.8) is 0 Å². The fourth-order valence-corrected chi connectivity index (χ4v) is 4.74. The van der Waals surface area contributed by atoms with E-state index in [1.165, 1.54) is 32.2 Å². The number of benzene rings is 1. The van der Waals surface area contributed by atoms with Gasteiger partial charge in [-0.3, -0.25) is 0 Å². The topological polar surface area (TPSA) is 118 Å². The van der Waals surface area contributed by atoms with Gasteiger partial charge in [0.05, 0.1) is 6.20 Å². The average Bonchev–Trinajstić information content (AvgIpc) is 3.06. The van der Waals surface area contributed by atoms with E-state index >= 15 is 0 Å². The molecular formula is C19H27FN4O3S2. The van der Waals surface area contributed by atoms with Crippen LogP contribution in [0.15, 0.2) is 26.9 Å². The van der Waals surface area contributed by atoms with E-state index in [2.05, 4.69) is 14.7 Å². The Labute approximate surface area is 174 Å². The Bertz CT molecular complexity index is 1000. The van der Waals surface area contributed by atoms with Crippen molar-refractivity contribution >= 4 is 33.0 Å². The van der Waals surface area contributed by atoms with Crippen LogP contribution in [0, 0.1) is 5.82 Å². The molecule has 0 aliphatic carbocycles. The summed E-state index contributed by atoms with van der Waals surface area (Å²) in [4.78, 5) is 16.5. The number of aliphatic hydroxyl groups is 1. The van der Waals surface area contributed by atoms with Crippen LogP contribution in [-0.4, -0.2) is 20.3 Å². The predicted molar refractivity (Wildman–Crippen MR) is 114 cm³/mol. The van der Waals surface area contributed by atoms with Gasteiger partial charge in [0.2, 0.25) is 0 Å². The molecule has 0 fully saturated rings. The molecule has 0 saturated carbocycles. The predicted octanol–water partition coefficient (Wildman–Crippen LogP) is 4.69. The second kappa shape index (κ2) is 8.47. The Balaban J connectivity index is 2.44. The number of nitrogens with two attached hydrogens (primary N) is 1. The summed E-state index contributed by atoms with van der Waals surface area (Å²) in [5.74, 6) is -0.507. The van der Waals surface area contributed by atoms with Crippen LogP contribution in [0.3, 0.4) is 0 Å². The molecule has 0 aliphatic rings. The number of anilines is 1. The lowest BCUT2D eigenvalue weighted by atomic mass is 9.92. The smallest absolute Gasteiger partial charge is 0.354 e. The van der Waals surface area contributed by atoms with Crippen LogP contribution < -0.4 is 10.5 Å². The Morgan fingerprint density at radius 1 is 1.28 bits per heavy atom. The van der Waals surface area contributed by atoms with Crippen molar-refractivity contribution in [3.8, 4) is 0 Å². The molecule has 29 heavy (non-hydrogen) atoms. The molecule has 1 aromatic carbocycles. The lowest BCUT2D eigenvalue weighted by molar-refractivity contribution is 0.0783. The highest BCUT2D eigenvalue weighted by molar-refractivity contribution is 7.93. The first-order valence-electron chi connectivity index (χ1n) is 9.10. The van der Waals surface area contributed by atoms with Crippen LogP contribution in [0.1, 0.15) is 69.5 Å². The largest absolute Gasteiger partial charge is 0.383 e. The molecule has 1 unspecified atom stereocenters. The van der Waals surface area contributed by atoms with E-state index in [1.807, 2.05) is 27.7 Å². The minimum atomic E-state index is -3.56. The van der Waals surface area contributed by atoms with Gasteiger partial charge in [0.25, 0.3) is 0 Å². The number of amides is 2. The molecular weight excluding hydrogens is 415 g/mol. The maximum absolute atomic E-state index is 14.0. The summed E-state index contributed by atoms with van der Waals surface area (Å²) in [5.41, 5.74) is 0.445. The number of halogens is 1. The van der Waals surface area contributed by atoms with E-state index in [0.717, 1.165) is 11.3 Å². The van der Waals surface area contributed by atoms with Crippen LogP contribution in [0.5, 0.6) is 0 Å². The monoisotopic (exact) mass is 442 g/mol. The van der Waals surface area contributed by atoms with Gasteiger partial charge >= 0.3 is 6.03 Å². The van der Waals surface area contributed by atoms with Gasteiger partial charge < -0.3 is 10.4 Å². The van der Waals surface area contributed by atoms with Gasteiger partial charge in [0, 0.05) is 5.69 Å². The summed E-state index contributed by atoms with van der Waals surface area (Å²) in [6.45, 7) is 10.6. The summed E-state index contributed by atoms with van der Waals surface area (Å²) in [6, 6.07) is 1.83. The fraction of sp³-hybridized carbons (Fsp3) is 0.474. The van der Waals surface area contributed by atoms with Crippen molar-refractivity contribution in [3.05, 3.63) is 40.3 Å². The lowest BCUT2D eigenvalue weighted by Crippen LogP contribution is -2.18. The van der Waals surface area contributed by atoms with Gasteiger partial charge in [-0.25, -0.2) is 23.5 Å². The zero-order valence-corrected chi connectivity index (χ0v) is 18.9. The van der Waals surface area contributed by atoms with Crippen molar-refractivity contribution in [2.45, 2.75) is 63.2 Å². The number of hydrogen-bond acceptors (Lipinski definition) is 5. The maximum Gasteiger partial charge on any atom is 0.354 e. The van der Waals surface area contributed by atoms with Crippen molar-refractivity contribution < 1.29 is 18.5 Å². The molecule has 0 saturated heterocycles. The molecule has 0 aliphatic heterocycles. The van der Waals surface area contributed by atoms with Crippen LogP contribution >= 0.6 is 11.3 Å². The van der Waals surface area contributed by atoms with Crippen molar-refractivity contribution in [2.75, 3.05) is 5.32 Å². The van der Waals surface area contributed by atoms with E-state index in [1.54, 1.807) is 0 Å². The van der Waals surface area contributed by atoms with Gasteiger partial charge in [0.15, 0.2) is 9.92 Å². The highest BCUT2D eigenvalue weighted by Crippen LogP contribution is 2.34. The molecule has 0 radical (unpaired) electrons. The number of aromatic nitrogens is 1. The Morgan fingerprint density at radius 2 is 1.79 bits per heavy atom. The molecule has 2 rings (SSSR count). The van der Waals surface area contributed by atoms with E-state index in [-0.39, 0.29) is 16.0 Å². The number of carbonyl (C=O) groups is 1. The van der Waals surface area contributed by atoms with Crippen LogP contribution in [-0.2, 0) is 15.5 Å². The van der Waals surface area contributed by atoms with E-state index in [0.29, 0.717) is 21.8 Å². The highest BCUT2D eigenvalue weighted by Gasteiger charge is 2.24. The zero-order chi connectivity index (χ0) is 22.1. The standard InChI is InChI=1S/C19H27FN4O3S2/c1-10(2)13-7-12(20)8-14(11(3)4)16(13)23-18(25)24-29(21,27)15-9-22-17(28-15)19(5,6)26/h7-11,26H,1-6H3,(H3,21,23,24,25,27). The number of thiazole rings is 1. The number of nitrogens with zero attached hydrogens (tertiary/aromatic N) is 2. The highest BCUT2D eigenvalue weighted by atomic mass is 32.2. The quantitative estimate of drug-likeness (QED) is 0.622. The first-order valence-corrected chi connectivity index (χ1v) is 11.5. The van der Waals surface area contributed by atoms with Gasteiger partial charge in [-0.15, -0.1) is 15.7 Å². The van der Waals surface area contributed by atoms with E-state index < -0.39 is 27.4 Å². The van der Waals surface area contributed by atoms with Crippen molar-refractivity contribution in [2.24, 2.45) is 9.50 Å². The fourth-order valence-electron chi connectivity index (χ4n) is 2.68. The van der Waals surface area contributed by atoms with Crippen LogP contribution in [0.2, 0.25) is 0 Å². The summed E-state index contributed by atoms with van der Waals surface area (Å²) < 4.78 is 30.6. The summed E-state index contributed by atoms with van der Waals surface area (Å²) in [7, 11) is -3.56. The lowest BCUT2D eigenvalue weighted by Gasteiger charge is -2.19. The third-order valence-corrected chi connectivity index (χ3v) is 7.34. The molecule has 1 atom stereocenters. The van der Waals surface area contributed by atoms with Crippen molar-refractivity contribution in [1.29, 1.82) is 0 Å². The van der Waals surface area contributed by atoms with E-state index in [4.69, 9.17) is 5.14 Å². The minimum Gasteiger partial charge on any atom is -0.383 e. The molecule has 7 nitrogen and oxygen atoms in total. The third-order valence-electron chi connectivity index (χ3n) is 4.15. The molecule has 4 N–H and O–H groups in total. The molecule has 1 heterocycles. The first kappa shape index (κ1) is 23.4. The zero-order valence-electron chi connectivity index (χ0n) is 17.3. The SMILES string of the molecule is CC(C)c1cc(F)cc(C(C)C)c1NC(=O)N=S(N)(=O)c1cnc(C(C)(C)O)s1. The second-order valence-electron chi connectivity index (χ2n) is 7.90. The molecule has 0 spiro atoms. The molecule has 10 heteroatoms. The molecule has 160 valence electrons. The number of nitrogens with one attached hydrogen (secondary N) is 1. The number of rotatable bonds is 5. The summed E-state index contributed by atoms with van der Waals surface area (Å²) >= 11 is 0.928. The molecule has 2 aromatic rings. The van der Waals surface area contributed by atoms with Crippen LogP contribution in [0.25, 0.3) is 0 Å². The normalized spacial score (nSPS) is 14.2. The number of urea groups is 1. The Kier molecular flexibility index (Phi) is 6.83. The second-order valence-corrected chi connectivity index (χ2v) is 11.0. The van der Waals surface area contributed by atoms with Crippen molar-refractivity contribution in [1.82, 2.24) is 4.98 Å². The van der Waals surface area contributed by atoms with Gasteiger partial charge in [-0.05, 0) is 48.9 Å². The summed E-state index contributed by atoms with van der Waals surface area (Å²) in [5, 5.41) is 18.7.